The second-order valence-corrected chi connectivity index (χ2v) is 13.5. The summed E-state index contributed by atoms with van der Waals surface area (Å²) in [6.07, 6.45) is 0. The average molecular weight is 653 g/mol. The van der Waals surface area contributed by atoms with E-state index >= 15 is 0 Å². The molecule has 2 heterocycles. The van der Waals surface area contributed by atoms with E-state index in [-0.39, 0.29) is 0 Å². The molecule has 0 aliphatic heterocycles. The number of benzene rings is 6. The van der Waals surface area contributed by atoms with E-state index in [2.05, 4.69) is 151 Å². The molecule has 0 atom stereocenters. The molecule has 0 bridgehead atoms. The Balaban J connectivity index is 1.17. The summed E-state index contributed by atoms with van der Waals surface area (Å²) in [4.78, 5) is 20.0. The molecule has 4 heteroatoms. The van der Waals surface area contributed by atoms with Crippen molar-refractivity contribution in [3.05, 3.63) is 191 Å². The first-order chi connectivity index (χ1) is 25.1. The van der Waals surface area contributed by atoms with Gasteiger partial charge in [-0.2, -0.15) is 0 Å². The molecule has 51 heavy (non-hydrogen) atoms. The minimum Gasteiger partial charge on any atom is -0.258 e. The largest absolute Gasteiger partial charge is 0.258 e. The zero-order valence-corrected chi connectivity index (χ0v) is 28.3. The van der Waals surface area contributed by atoms with E-state index in [4.69, 9.17) is 15.0 Å². The molecular weight excluding hydrogens is 621 g/mol. The molecule has 0 saturated heterocycles. The Hall–Kier alpha value is -6.52. The quantitative estimate of drug-likeness (QED) is 0.190. The van der Waals surface area contributed by atoms with E-state index in [1.165, 1.54) is 44.5 Å². The highest BCUT2D eigenvalue weighted by molar-refractivity contribution is 5.95. The lowest BCUT2D eigenvalue weighted by Crippen LogP contribution is -2.25. The van der Waals surface area contributed by atoms with Crippen molar-refractivity contribution >= 4 is 0 Å². The Morgan fingerprint density at radius 3 is 1.33 bits per heavy atom. The van der Waals surface area contributed by atoms with Gasteiger partial charge in [0.2, 0.25) is 0 Å². The maximum absolute atomic E-state index is 5.17. The second-order valence-electron chi connectivity index (χ2n) is 13.5. The Bertz CT molecular complexity index is 2600. The fourth-order valence-corrected chi connectivity index (χ4v) is 8.37. The Kier molecular flexibility index (Phi) is 6.49. The number of hydrogen-bond acceptors (Lipinski definition) is 4. The fourth-order valence-electron chi connectivity index (χ4n) is 8.37. The molecule has 0 radical (unpaired) electrons. The SMILES string of the molecule is Cc1ccc(-c2ccc(-c3nc(-c4ccccc4)nc(-c4ccc5c(c4)C4(c6ccccc6-c6ccccc64)c4ccccc4-5)n3)cc2)c(C)n1. The van der Waals surface area contributed by atoms with Crippen LogP contribution in [-0.4, -0.2) is 19.9 Å². The number of hydrogen-bond donors (Lipinski definition) is 0. The summed E-state index contributed by atoms with van der Waals surface area (Å²) in [7, 11) is 0. The normalized spacial score (nSPS) is 13.1. The molecule has 10 rings (SSSR count). The summed E-state index contributed by atoms with van der Waals surface area (Å²) >= 11 is 0. The molecule has 0 saturated carbocycles. The van der Waals surface area contributed by atoms with Crippen molar-refractivity contribution in [3.63, 3.8) is 0 Å². The Morgan fingerprint density at radius 1 is 0.333 bits per heavy atom. The predicted octanol–water partition coefficient (Wildman–Crippen LogP) is 10.9. The summed E-state index contributed by atoms with van der Waals surface area (Å²) in [5.74, 6) is 1.93. The monoisotopic (exact) mass is 652 g/mol. The van der Waals surface area contributed by atoms with E-state index in [0.717, 1.165) is 39.2 Å². The number of aryl methyl sites for hydroxylation is 2. The van der Waals surface area contributed by atoms with Crippen molar-refractivity contribution in [2.24, 2.45) is 0 Å². The molecule has 8 aromatic rings. The Morgan fingerprint density at radius 2 is 0.765 bits per heavy atom. The lowest BCUT2D eigenvalue weighted by molar-refractivity contribution is 0.794. The van der Waals surface area contributed by atoms with Gasteiger partial charge in [-0.3, -0.25) is 4.98 Å². The van der Waals surface area contributed by atoms with Crippen LogP contribution in [0.5, 0.6) is 0 Å². The minimum atomic E-state index is -0.438. The van der Waals surface area contributed by atoms with Gasteiger partial charge in [-0.1, -0.05) is 146 Å². The van der Waals surface area contributed by atoms with Crippen LogP contribution >= 0.6 is 0 Å². The first-order valence-corrected chi connectivity index (χ1v) is 17.4. The third kappa shape index (κ3) is 4.39. The van der Waals surface area contributed by atoms with E-state index < -0.39 is 5.41 Å². The molecule has 0 N–H and O–H groups in total. The number of pyridine rings is 1. The van der Waals surface area contributed by atoms with Crippen LogP contribution in [0.25, 0.3) is 67.5 Å². The van der Waals surface area contributed by atoms with Crippen molar-refractivity contribution in [1.29, 1.82) is 0 Å². The maximum Gasteiger partial charge on any atom is 0.164 e. The van der Waals surface area contributed by atoms with Crippen molar-refractivity contribution in [3.8, 4) is 67.5 Å². The topological polar surface area (TPSA) is 51.6 Å². The number of nitrogens with zero attached hydrogens (tertiary/aromatic N) is 4. The summed E-state index contributed by atoms with van der Waals surface area (Å²) < 4.78 is 0. The first-order valence-electron chi connectivity index (χ1n) is 17.4. The van der Waals surface area contributed by atoms with Crippen LogP contribution in [0, 0.1) is 13.8 Å². The van der Waals surface area contributed by atoms with Crippen molar-refractivity contribution in [2.45, 2.75) is 19.3 Å². The van der Waals surface area contributed by atoms with Gasteiger partial charge in [-0.15, -0.1) is 0 Å². The molecule has 1 spiro atoms. The molecular formula is C47H32N4. The smallest absolute Gasteiger partial charge is 0.164 e. The lowest BCUT2D eigenvalue weighted by Gasteiger charge is -2.30. The predicted molar refractivity (Wildman–Crippen MR) is 205 cm³/mol. The van der Waals surface area contributed by atoms with Crippen LogP contribution < -0.4 is 0 Å². The van der Waals surface area contributed by atoms with Crippen molar-refractivity contribution in [1.82, 2.24) is 19.9 Å². The molecule has 0 unspecified atom stereocenters. The summed E-state index contributed by atoms with van der Waals surface area (Å²) in [6.45, 7) is 4.08. The fraction of sp³-hybridized carbons (Fsp3) is 0.0638. The van der Waals surface area contributed by atoms with Gasteiger partial charge in [-0.25, -0.2) is 15.0 Å². The lowest BCUT2D eigenvalue weighted by atomic mass is 9.70. The van der Waals surface area contributed by atoms with E-state index in [1.54, 1.807) is 0 Å². The van der Waals surface area contributed by atoms with Crippen LogP contribution in [0.1, 0.15) is 33.6 Å². The summed E-state index contributed by atoms with van der Waals surface area (Å²) in [5.41, 5.74) is 17.0. The second kappa shape index (κ2) is 11.3. The maximum atomic E-state index is 5.17. The van der Waals surface area contributed by atoms with Gasteiger partial charge in [0, 0.05) is 33.6 Å². The van der Waals surface area contributed by atoms with Gasteiger partial charge in [0.1, 0.15) is 0 Å². The van der Waals surface area contributed by atoms with Crippen LogP contribution in [-0.2, 0) is 5.41 Å². The molecule has 0 fully saturated rings. The highest BCUT2D eigenvalue weighted by atomic mass is 15.0. The van der Waals surface area contributed by atoms with Gasteiger partial charge in [0.25, 0.3) is 0 Å². The zero-order chi connectivity index (χ0) is 34.1. The van der Waals surface area contributed by atoms with E-state index in [0.29, 0.717) is 17.5 Å². The highest BCUT2D eigenvalue weighted by Crippen LogP contribution is 2.62. The van der Waals surface area contributed by atoms with Crippen LogP contribution in [0.2, 0.25) is 0 Å². The molecule has 2 aromatic heterocycles. The number of aromatic nitrogens is 4. The van der Waals surface area contributed by atoms with Crippen LogP contribution in [0.15, 0.2) is 158 Å². The van der Waals surface area contributed by atoms with Gasteiger partial charge >= 0.3 is 0 Å². The third-order valence-corrected chi connectivity index (χ3v) is 10.6. The van der Waals surface area contributed by atoms with Crippen LogP contribution in [0.3, 0.4) is 0 Å². The molecule has 0 amide bonds. The Labute approximate surface area is 297 Å². The zero-order valence-electron chi connectivity index (χ0n) is 28.3. The summed E-state index contributed by atoms with van der Waals surface area (Å²) in [5, 5.41) is 0. The molecule has 2 aliphatic carbocycles. The van der Waals surface area contributed by atoms with E-state index in [1.807, 2.05) is 25.1 Å². The van der Waals surface area contributed by atoms with Gasteiger partial charge < -0.3 is 0 Å². The van der Waals surface area contributed by atoms with Crippen molar-refractivity contribution < 1.29 is 0 Å². The number of rotatable bonds is 4. The van der Waals surface area contributed by atoms with Gasteiger partial charge in [-0.05, 0) is 76.1 Å². The highest BCUT2D eigenvalue weighted by Gasteiger charge is 2.51. The average Bonchev–Trinajstić information content (AvgIpc) is 3.65. The first kappa shape index (κ1) is 29.4. The van der Waals surface area contributed by atoms with Gasteiger partial charge in [0.05, 0.1) is 5.41 Å². The number of fused-ring (bicyclic) bond motifs is 10. The van der Waals surface area contributed by atoms with E-state index in [9.17, 15) is 0 Å². The summed E-state index contributed by atoms with van der Waals surface area (Å²) in [6, 6.07) is 56.3. The minimum absolute atomic E-state index is 0.438. The molecule has 4 nitrogen and oxygen atoms in total. The van der Waals surface area contributed by atoms with Gasteiger partial charge in [0.15, 0.2) is 17.5 Å². The standard InChI is InChI=1S/C47H32N4/c1-29-20-26-35(30(2)48-29)31-21-23-33(24-22-31)45-49-44(32-12-4-3-5-13-32)50-46(51-45)34-25-27-39-38-16-8-11-19-42(38)47(43(39)28-34)40-17-9-6-14-36(40)37-15-7-10-18-41(37)47/h3-28H,1-2H3. The van der Waals surface area contributed by atoms with Crippen LogP contribution in [0.4, 0.5) is 0 Å². The molecule has 2 aliphatic rings. The third-order valence-electron chi connectivity index (χ3n) is 10.6. The molecule has 6 aromatic carbocycles. The molecule has 240 valence electrons. The van der Waals surface area contributed by atoms with Crippen molar-refractivity contribution in [2.75, 3.05) is 0 Å².